The first kappa shape index (κ1) is 15.0. The first-order valence-electron chi connectivity index (χ1n) is 6.52. The SMILES string of the molecule is COC(=O)CCC(=O)N(C)CC1CCN(C)CC1. The van der Waals surface area contributed by atoms with E-state index in [1.165, 1.54) is 7.11 Å². The molecule has 0 unspecified atom stereocenters. The van der Waals surface area contributed by atoms with Gasteiger partial charge in [0.05, 0.1) is 13.5 Å². The van der Waals surface area contributed by atoms with Crippen molar-refractivity contribution >= 4 is 11.9 Å². The molecule has 5 heteroatoms. The van der Waals surface area contributed by atoms with Crippen LogP contribution in [0.4, 0.5) is 0 Å². The molecule has 1 fully saturated rings. The van der Waals surface area contributed by atoms with Crippen LogP contribution in [0.15, 0.2) is 0 Å². The van der Waals surface area contributed by atoms with Gasteiger partial charge in [0.25, 0.3) is 0 Å². The van der Waals surface area contributed by atoms with Crippen LogP contribution in [0, 0.1) is 5.92 Å². The van der Waals surface area contributed by atoms with Gasteiger partial charge in [0.15, 0.2) is 0 Å². The lowest BCUT2D eigenvalue weighted by molar-refractivity contribution is -0.143. The molecule has 0 aromatic heterocycles. The van der Waals surface area contributed by atoms with Gasteiger partial charge in [0.1, 0.15) is 0 Å². The number of hydrogen-bond donors (Lipinski definition) is 0. The van der Waals surface area contributed by atoms with Crippen molar-refractivity contribution in [1.29, 1.82) is 0 Å². The summed E-state index contributed by atoms with van der Waals surface area (Å²) in [6.45, 7) is 3.01. The summed E-state index contributed by atoms with van der Waals surface area (Å²) in [5, 5.41) is 0. The minimum absolute atomic E-state index is 0.0272. The van der Waals surface area contributed by atoms with Crippen LogP contribution in [0.2, 0.25) is 0 Å². The van der Waals surface area contributed by atoms with E-state index in [-0.39, 0.29) is 24.7 Å². The van der Waals surface area contributed by atoms with E-state index in [0.29, 0.717) is 5.92 Å². The van der Waals surface area contributed by atoms with E-state index in [1.54, 1.807) is 4.90 Å². The molecular weight excluding hydrogens is 232 g/mol. The molecule has 1 saturated heterocycles. The number of likely N-dealkylation sites (tertiary alicyclic amines) is 1. The zero-order valence-corrected chi connectivity index (χ0v) is 11.6. The van der Waals surface area contributed by atoms with Crippen molar-refractivity contribution in [3.8, 4) is 0 Å². The summed E-state index contributed by atoms with van der Waals surface area (Å²) in [6.07, 6.45) is 2.71. The molecule has 0 saturated carbocycles. The van der Waals surface area contributed by atoms with Gasteiger partial charge in [0.2, 0.25) is 5.91 Å². The minimum Gasteiger partial charge on any atom is -0.469 e. The number of methoxy groups -OCH3 is 1. The van der Waals surface area contributed by atoms with Crippen molar-refractivity contribution in [3.05, 3.63) is 0 Å². The number of nitrogens with zero attached hydrogens (tertiary/aromatic N) is 2. The highest BCUT2D eigenvalue weighted by molar-refractivity contribution is 5.81. The van der Waals surface area contributed by atoms with Gasteiger partial charge in [-0.2, -0.15) is 0 Å². The van der Waals surface area contributed by atoms with Gasteiger partial charge in [-0.1, -0.05) is 0 Å². The summed E-state index contributed by atoms with van der Waals surface area (Å²) in [5.41, 5.74) is 0. The summed E-state index contributed by atoms with van der Waals surface area (Å²) < 4.78 is 4.53. The Morgan fingerprint density at radius 2 is 1.89 bits per heavy atom. The number of rotatable bonds is 5. The van der Waals surface area contributed by atoms with E-state index in [0.717, 1.165) is 32.5 Å². The van der Waals surface area contributed by atoms with E-state index in [2.05, 4.69) is 16.7 Å². The van der Waals surface area contributed by atoms with Crippen LogP contribution in [0.1, 0.15) is 25.7 Å². The summed E-state index contributed by atoms with van der Waals surface area (Å²) >= 11 is 0. The van der Waals surface area contributed by atoms with Gasteiger partial charge in [0, 0.05) is 20.0 Å². The molecule has 1 rings (SSSR count). The molecule has 5 nitrogen and oxygen atoms in total. The third-order valence-corrected chi connectivity index (χ3v) is 3.57. The lowest BCUT2D eigenvalue weighted by atomic mass is 9.96. The maximum absolute atomic E-state index is 11.8. The molecule has 0 atom stereocenters. The summed E-state index contributed by atoms with van der Waals surface area (Å²) in [5.74, 6) is 0.295. The van der Waals surface area contributed by atoms with Crippen LogP contribution in [0.5, 0.6) is 0 Å². The van der Waals surface area contributed by atoms with Crippen LogP contribution in [0.25, 0.3) is 0 Å². The highest BCUT2D eigenvalue weighted by Gasteiger charge is 2.20. The number of esters is 1. The molecule has 1 aliphatic heterocycles. The summed E-state index contributed by atoms with van der Waals surface area (Å²) in [4.78, 5) is 26.8. The molecule has 0 bridgehead atoms. The monoisotopic (exact) mass is 256 g/mol. The van der Waals surface area contributed by atoms with Crippen molar-refractivity contribution in [2.45, 2.75) is 25.7 Å². The van der Waals surface area contributed by atoms with Gasteiger partial charge < -0.3 is 14.5 Å². The van der Waals surface area contributed by atoms with Gasteiger partial charge in [-0.15, -0.1) is 0 Å². The number of piperidine rings is 1. The number of carbonyl (C=O) groups excluding carboxylic acids is 2. The Labute approximate surface area is 109 Å². The maximum Gasteiger partial charge on any atom is 0.306 e. The van der Waals surface area contributed by atoms with Crippen molar-refractivity contribution in [2.24, 2.45) is 5.92 Å². The summed E-state index contributed by atoms with van der Waals surface area (Å²) in [6, 6.07) is 0. The van der Waals surface area contributed by atoms with Crippen LogP contribution < -0.4 is 0 Å². The molecule has 1 heterocycles. The molecule has 0 radical (unpaired) electrons. The fourth-order valence-electron chi connectivity index (χ4n) is 2.24. The second-order valence-corrected chi connectivity index (χ2v) is 5.10. The first-order valence-corrected chi connectivity index (χ1v) is 6.52. The second-order valence-electron chi connectivity index (χ2n) is 5.10. The van der Waals surface area contributed by atoms with Crippen LogP contribution in [-0.2, 0) is 14.3 Å². The average Bonchev–Trinajstić information content (AvgIpc) is 2.38. The van der Waals surface area contributed by atoms with Gasteiger partial charge in [-0.3, -0.25) is 9.59 Å². The van der Waals surface area contributed by atoms with E-state index in [9.17, 15) is 9.59 Å². The van der Waals surface area contributed by atoms with Crippen LogP contribution in [-0.4, -0.2) is 62.5 Å². The topological polar surface area (TPSA) is 49.9 Å². The third kappa shape index (κ3) is 5.04. The Hall–Kier alpha value is -1.10. The molecule has 104 valence electrons. The van der Waals surface area contributed by atoms with Crippen LogP contribution >= 0.6 is 0 Å². The van der Waals surface area contributed by atoms with E-state index < -0.39 is 0 Å². The number of hydrogen-bond acceptors (Lipinski definition) is 4. The molecule has 1 aliphatic rings. The number of ether oxygens (including phenoxy) is 1. The smallest absolute Gasteiger partial charge is 0.306 e. The number of amides is 1. The standard InChI is InChI=1S/C13H24N2O3/c1-14-8-6-11(7-9-14)10-15(2)12(16)4-5-13(17)18-3/h11H,4-10H2,1-3H3. The minimum atomic E-state index is -0.323. The molecule has 0 aromatic carbocycles. The lowest BCUT2D eigenvalue weighted by Crippen LogP contribution is -2.38. The molecule has 0 aromatic rings. The molecule has 18 heavy (non-hydrogen) atoms. The Bertz CT molecular complexity index is 286. The van der Waals surface area contributed by atoms with Crippen LogP contribution in [0.3, 0.4) is 0 Å². The highest BCUT2D eigenvalue weighted by Crippen LogP contribution is 2.17. The quantitative estimate of drug-likeness (QED) is 0.681. The predicted octanol–water partition coefficient (Wildman–Crippen LogP) is 0.740. The Balaban J connectivity index is 2.24. The normalized spacial score (nSPS) is 17.5. The Morgan fingerprint density at radius 1 is 1.28 bits per heavy atom. The highest BCUT2D eigenvalue weighted by atomic mass is 16.5. The van der Waals surface area contributed by atoms with E-state index >= 15 is 0 Å². The van der Waals surface area contributed by atoms with Crippen molar-refractivity contribution in [1.82, 2.24) is 9.80 Å². The Morgan fingerprint density at radius 3 is 2.44 bits per heavy atom. The van der Waals surface area contributed by atoms with Crippen molar-refractivity contribution < 1.29 is 14.3 Å². The molecule has 0 N–H and O–H groups in total. The van der Waals surface area contributed by atoms with Gasteiger partial charge >= 0.3 is 5.97 Å². The maximum atomic E-state index is 11.8. The lowest BCUT2D eigenvalue weighted by Gasteiger charge is -2.31. The average molecular weight is 256 g/mol. The first-order chi connectivity index (χ1) is 8.52. The Kier molecular flexibility index (Phi) is 6.12. The zero-order valence-electron chi connectivity index (χ0n) is 11.6. The zero-order chi connectivity index (χ0) is 13.5. The molecular formula is C13H24N2O3. The summed E-state index contributed by atoms with van der Waals surface area (Å²) in [7, 11) is 5.29. The largest absolute Gasteiger partial charge is 0.469 e. The van der Waals surface area contributed by atoms with E-state index in [4.69, 9.17) is 0 Å². The molecule has 0 spiro atoms. The third-order valence-electron chi connectivity index (χ3n) is 3.57. The molecule has 1 amide bonds. The second kappa shape index (κ2) is 7.36. The van der Waals surface area contributed by atoms with Crippen molar-refractivity contribution in [3.63, 3.8) is 0 Å². The molecule has 0 aliphatic carbocycles. The fourth-order valence-corrected chi connectivity index (χ4v) is 2.24. The van der Waals surface area contributed by atoms with Crippen molar-refractivity contribution in [2.75, 3.05) is 40.8 Å². The van der Waals surface area contributed by atoms with Gasteiger partial charge in [-0.05, 0) is 38.9 Å². The van der Waals surface area contributed by atoms with Gasteiger partial charge in [-0.25, -0.2) is 0 Å². The predicted molar refractivity (Wildman–Crippen MR) is 69.1 cm³/mol. The number of carbonyl (C=O) groups is 2. The van der Waals surface area contributed by atoms with E-state index in [1.807, 2.05) is 7.05 Å². The fraction of sp³-hybridized carbons (Fsp3) is 0.846.